The van der Waals surface area contributed by atoms with Crippen LogP contribution in [-0.2, 0) is 4.79 Å². The first-order chi connectivity index (χ1) is 9.97. The number of rotatable bonds is 4. The Morgan fingerprint density at radius 3 is 2.52 bits per heavy atom. The minimum atomic E-state index is -0.659. The SMILES string of the molecule is CNC(=O)C1(Nc2cccc(F)c2)CCN(C(C)C)CC1. The summed E-state index contributed by atoms with van der Waals surface area (Å²) in [5, 5.41) is 6.01. The average Bonchev–Trinajstić information content (AvgIpc) is 2.46. The number of amides is 1. The van der Waals surface area contributed by atoms with Gasteiger partial charge >= 0.3 is 0 Å². The minimum absolute atomic E-state index is 0.0323. The topological polar surface area (TPSA) is 44.4 Å². The van der Waals surface area contributed by atoms with Crippen LogP contribution in [0.15, 0.2) is 24.3 Å². The average molecular weight is 293 g/mol. The van der Waals surface area contributed by atoms with Crippen LogP contribution in [0.25, 0.3) is 0 Å². The van der Waals surface area contributed by atoms with Gasteiger partial charge in [-0.1, -0.05) is 6.07 Å². The number of hydrogen-bond acceptors (Lipinski definition) is 3. The predicted molar refractivity (Wildman–Crippen MR) is 82.8 cm³/mol. The van der Waals surface area contributed by atoms with Gasteiger partial charge in [-0.15, -0.1) is 0 Å². The Hall–Kier alpha value is -1.62. The van der Waals surface area contributed by atoms with Crippen molar-refractivity contribution in [1.82, 2.24) is 10.2 Å². The highest BCUT2D eigenvalue weighted by molar-refractivity contribution is 5.89. The summed E-state index contributed by atoms with van der Waals surface area (Å²) < 4.78 is 13.3. The van der Waals surface area contributed by atoms with Gasteiger partial charge in [0, 0.05) is 31.9 Å². The quantitative estimate of drug-likeness (QED) is 0.895. The molecule has 0 unspecified atom stereocenters. The summed E-state index contributed by atoms with van der Waals surface area (Å²) >= 11 is 0. The maximum atomic E-state index is 13.3. The highest BCUT2D eigenvalue weighted by Gasteiger charge is 2.41. The van der Waals surface area contributed by atoms with Gasteiger partial charge < -0.3 is 15.5 Å². The zero-order valence-electron chi connectivity index (χ0n) is 12.9. The van der Waals surface area contributed by atoms with Gasteiger partial charge in [0.25, 0.3) is 0 Å². The van der Waals surface area contributed by atoms with Crippen molar-refractivity contribution in [1.29, 1.82) is 0 Å². The lowest BCUT2D eigenvalue weighted by Gasteiger charge is -2.42. The summed E-state index contributed by atoms with van der Waals surface area (Å²) in [7, 11) is 1.64. The Labute approximate surface area is 125 Å². The molecular weight excluding hydrogens is 269 g/mol. The van der Waals surface area contributed by atoms with Gasteiger partial charge in [0.05, 0.1) is 0 Å². The second-order valence-corrected chi connectivity index (χ2v) is 5.93. The van der Waals surface area contributed by atoms with E-state index in [9.17, 15) is 9.18 Å². The summed E-state index contributed by atoms with van der Waals surface area (Å²) in [5.74, 6) is -0.332. The van der Waals surface area contributed by atoms with Crippen molar-refractivity contribution in [2.75, 3.05) is 25.5 Å². The molecule has 21 heavy (non-hydrogen) atoms. The van der Waals surface area contributed by atoms with E-state index in [1.807, 2.05) is 0 Å². The lowest BCUT2D eigenvalue weighted by Crippen LogP contribution is -2.58. The second kappa shape index (κ2) is 6.43. The Kier molecular flexibility index (Phi) is 4.83. The summed E-state index contributed by atoms with van der Waals surface area (Å²) in [6.45, 7) is 6.03. The number of likely N-dealkylation sites (N-methyl/N-ethyl adjacent to an activating group) is 1. The Morgan fingerprint density at radius 2 is 2.00 bits per heavy atom. The molecule has 116 valence electrons. The van der Waals surface area contributed by atoms with Crippen LogP contribution in [0.4, 0.5) is 10.1 Å². The van der Waals surface area contributed by atoms with Gasteiger partial charge in [-0.25, -0.2) is 4.39 Å². The van der Waals surface area contributed by atoms with Crippen molar-refractivity contribution in [3.05, 3.63) is 30.1 Å². The zero-order valence-corrected chi connectivity index (χ0v) is 12.9. The molecule has 1 heterocycles. The van der Waals surface area contributed by atoms with Crippen molar-refractivity contribution in [2.45, 2.75) is 38.3 Å². The predicted octanol–water partition coefficient (Wildman–Crippen LogP) is 2.23. The molecule has 0 spiro atoms. The van der Waals surface area contributed by atoms with Gasteiger partial charge in [-0.3, -0.25) is 4.79 Å². The summed E-state index contributed by atoms with van der Waals surface area (Å²) in [6.07, 6.45) is 1.42. The number of nitrogens with zero attached hydrogens (tertiary/aromatic N) is 1. The third-order valence-electron chi connectivity index (χ3n) is 4.25. The van der Waals surface area contributed by atoms with Crippen LogP contribution < -0.4 is 10.6 Å². The van der Waals surface area contributed by atoms with E-state index in [1.54, 1.807) is 19.2 Å². The fourth-order valence-corrected chi connectivity index (χ4v) is 2.91. The molecule has 0 aliphatic carbocycles. The molecule has 0 radical (unpaired) electrons. The van der Waals surface area contributed by atoms with E-state index in [0.29, 0.717) is 24.6 Å². The number of nitrogens with one attached hydrogen (secondary N) is 2. The lowest BCUT2D eigenvalue weighted by molar-refractivity contribution is -0.126. The molecule has 0 bridgehead atoms. The fourth-order valence-electron chi connectivity index (χ4n) is 2.91. The van der Waals surface area contributed by atoms with Gasteiger partial charge in [-0.2, -0.15) is 0 Å². The molecule has 0 saturated carbocycles. The third kappa shape index (κ3) is 3.53. The number of piperidine rings is 1. The molecular formula is C16H24FN3O. The van der Waals surface area contributed by atoms with Gasteiger partial charge in [-0.05, 0) is 44.9 Å². The molecule has 1 aliphatic rings. The van der Waals surface area contributed by atoms with Gasteiger partial charge in [0.15, 0.2) is 0 Å². The number of hydrogen-bond donors (Lipinski definition) is 2. The van der Waals surface area contributed by atoms with Crippen LogP contribution >= 0.6 is 0 Å². The smallest absolute Gasteiger partial charge is 0.245 e. The molecule has 4 nitrogen and oxygen atoms in total. The van der Waals surface area contributed by atoms with E-state index in [1.165, 1.54) is 12.1 Å². The van der Waals surface area contributed by atoms with Crippen molar-refractivity contribution >= 4 is 11.6 Å². The van der Waals surface area contributed by atoms with Crippen molar-refractivity contribution in [3.63, 3.8) is 0 Å². The van der Waals surface area contributed by atoms with Crippen molar-refractivity contribution < 1.29 is 9.18 Å². The number of carbonyl (C=O) groups excluding carboxylic acids is 1. The number of benzene rings is 1. The molecule has 1 fully saturated rings. The number of carbonyl (C=O) groups is 1. The Bertz CT molecular complexity index is 496. The van der Waals surface area contributed by atoms with Crippen molar-refractivity contribution in [2.24, 2.45) is 0 Å². The Morgan fingerprint density at radius 1 is 1.33 bits per heavy atom. The fraction of sp³-hybridized carbons (Fsp3) is 0.562. The first-order valence-electron chi connectivity index (χ1n) is 7.47. The van der Waals surface area contributed by atoms with Crippen LogP contribution in [-0.4, -0.2) is 42.5 Å². The molecule has 0 atom stereocenters. The van der Waals surface area contributed by atoms with E-state index in [4.69, 9.17) is 0 Å². The van der Waals surface area contributed by atoms with E-state index < -0.39 is 5.54 Å². The maximum absolute atomic E-state index is 13.3. The molecule has 1 saturated heterocycles. The van der Waals surface area contributed by atoms with Crippen LogP contribution in [0.3, 0.4) is 0 Å². The molecule has 1 aromatic rings. The molecule has 2 rings (SSSR count). The highest BCUT2D eigenvalue weighted by atomic mass is 19.1. The molecule has 1 aliphatic heterocycles. The summed E-state index contributed by atoms with van der Waals surface area (Å²) in [5.41, 5.74) is -0.00917. The summed E-state index contributed by atoms with van der Waals surface area (Å²) in [6, 6.07) is 6.75. The molecule has 2 N–H and O–H groups in total. The van der Waals surface area contributed by atoms with Gasteiger partial charge in [0.2, 0.25) is 5.91 Å². The van der Waals surface area contributed by atoms with E-state index in [-0.39, 0.29) is 11.7 Å². The monoisotopic (exact) mass is 293 g/mol. The summed E-state index contributed by atoms with van der Waals surface area (Å²) in [4.78, 5) is 14.7. The Balaban J connectivity index is 2.17. The zero-order chi connectivity index (χ0) is 15.5. The van der Waals surface area contributed by atoms with Crippen LogP contribution in [0.2, 0.25) is 0 Å². The van der Waals surface area contributed by atoms with Crippen molar-refractivity contribution in [3.8, 4) is 0 Å². The lowest BCUT2D eigenvalue weighted by atomic mass is 9.85. The second-order valence-electron chi connectivity index (χ2n) is 5.93. The minimum Gasteiger partial charge on any atom is -0.371 e. The molecule has 1 amide bonds. The number of anilines is 1. The van der Waals surface area contributed by atoms with E-state index in [0.717, 1.165) is 13.1 Å². The molecule has 5 heteroatoms. The normalized spacial score (nSPS) is 18.5. The standard InChI is InChI=1S/C16H24FN3O/c1-12(2)20-9-7-16(8-10-20,15(21)18-3)19-14-6-4-5-13(17)11-14/h4-6,11-12,19H,7-10H2,1-3H3,(H,18,21). The third-order valence-corrected chi connectivity index (χ3v) is 4.25. The van der Waals surface area contributed by atoms with E-state index in [2.05, 4.69) is 29.4 Å². The van der Waals surface area contributed by atoms with Gasteiger partial charge in [0.1, 0.15) is 11.4 Å². The number of likely N-dealkylation sites (tertiary alicyclic amines) is 1. The maximum Gasteiger partial charge on any atom is 0.245 e. The van der Waals surface area contributed by atoms with Crippen LogP contribution in [0, 0.1) is 5.82 Å². The highest BCUT2D eigenvalue weighted by Crippen LogP contribution is 2.28. The first-order valence-corrected chi connectivity index (χ1v) is 7.47. The molecule has 1 aromatic carbocycles. The largest absolute Gasteiger partial charge is 0.371 e. The van der Waals surface area contributed by atoms with Crippen LogP contribution in [0.1, 0.15) is 26.7 Å². The number of halogens is 1. The first kappa shape index (κ1) is 15.8. The molecule has 0 aromatic heterocycles. The van der Waals surface area contributed by atoms with Crippen LogP contribution in [0.5, 0.6) is 0 Å². The van der Waals surface area contributed by atoms with E-state index >= 15 is 0 Å².